The molecule has 0 saturated carbocycles. The van der Waals surface area contributed by atoms with Crippen molar-refractivity contribution in [1.82, 2.24) is 4.98 Å². The lowest BCUT2D eigenvalue weighted by molar-refractivity contribution is 0.0690. The summed E-state index contributed by atoms with van der Waals surface area (Å²) in [5, 5.41) is 12.0. The van der Waals surface area contributed by atoms with Crippen LogP contribution in [0.3, 0.4) is 0 Å². The number of methoxy groups -OCH3 is 1. The van der Waals surface area contributed by atoms with Gasteiger partial charge < -0.3 is 15.2 Å². The fraction of sp³-hybridized carbons (Fsp3) is 0.143. The molecule has 5 heteroatoms. The number of carboxylic acid groups (broad SMARTS) is 1. The first-order valence-corrected chi connectivity index (χ1v) is 5.76. The van der Waals surface area contributed by atoms with E-state index in [4.69, 9.17) is 9.84 Å². The van der Waals surface area contributed by atoms with Crippen LogP contribution in [0, 0.1) is 0 Å². The first-order valence-electron chi connectivity index (χ1n) is 5.76. The molecule has 0 unspecified atom stereocenters. The van der Waals surface area contributed by atoms with Crippen LogP contribution >= 0.6 is 0 Å². The van der Waals surface area contributed by atoms with Crippen LogP contribution in [-0.4, -0.2) is 23.2 Å². The van der Waals surface area contributed by atoms with Gasteiger partial charge in [-0.2, -0.15) is 0 Å². The molecule has 0 amide bonds. The van der Waals surface area contributed by atoms with Gasteiger partial charge in [-0.25, -0.2) is 9.78 Å². The molecular formula is C14H14N2O3. The van der Waals surface area contributed by atoms with Crippen LogP contribution in [0.25, 0.3) is 0 Å². The highest BCUT2D eigenvalue weighted by atomic mass is 16.5. The van der Waals surface area contributed by atoms with Gasteiger partial charge in [-0.1, -0.05) is 12.1 Å². The number of carboxylic acids is 1. The Balaban J connectivity index is 2.05. The summed E-state index contributed by atoms with van der Waals surface area (Å²) < 4.78 is 5.12. The van der Waals surface area contributed by atoms with Crippen molar-refractivity contribution in [1.29, 1.82) is 0 Å². The fourth-order valence-corrected chi connectivity index (χ4v) is 1.62. The molecule has 19 heavy (non-hydrogen) atoms. The van der Waals surface area contributed by atoms with Gasteiger partial charge in [-0.3, -0.25) is 0 Å². The number of nitrogens with zero attached hydrogens (tertiary/aromatic N) is 1. The van der Waals surface area contributed by atoms with E-state index >= 15 is 0 Å². The summed E-state index contributed by atoms with van der Waals surface area (Å²) in [4.78, 5) is 14.8. The number of aromatic carboxylic acids is 1. The minimum atomic E-state index is -1.02. The Labute approximate surface area is 110 Å². The average molecular weight is 258 g/mol. The van der Waals surface area contributed by atoms with Gasteiger partial charge in [0.15, 0.2) is 0 Å². The molecule has 2 aromatic rings. The van der Waals surface area contributed by atoms with Gasteiger partial charge in [0.05, 0.1) is 19.3 Å². The molecule has 0 radical (unpaired) electrons. The van der Waals surface area contributed by atoms with E-state index in [1.807, 2.05) is 24.3 Å². The number of hydrogen-bond acceptors (Lipinski definition) is 4. The van der Waals surface area contributed by atoms with Gasteiger partial charge in [0.25, 0.3) is 0 Å². The maximum atomic E-state index is 10.8. The second-order valence-corrected chi connectivity index (χ2v) is 3.90. The van der Waals surface area contributed by atoms with Gasteiger partial charge in [0.2, 0.25) is 0 Å². The Morgan fingerprint density at radius 2 is 2.11 bits per heavy atom. The third-order valence-corrected chi connectivity index (χ3v) is 2.57. The van der Waals surface area contributed by atoms with Crippen LogP contribution < -0.4 is 10.1 Å². The Morgan fingerprint density at radius 1 is 1.32 bits per heavy atom. The van der Waals surface area contributed by atoms with Gasteiger partial charge in [0, 0.05) is 11.8 Å². The third kappa shape index (κ3) is 3.45. The monoisotopic (exact) mass is 258 g/mol. The minimum Gasteiger partial charge on any atom is -0.497 e. The molecule has 0 atom stereocenters. The molecule has 0 aliphatic rings. The van der Waals surface area contributed by atoms with E-state index in [1.54, 1.807) is 19.2 Å². The van der Waals surface area contributed by atoms with E-state index in [2.05, 4.69) is 10.3 Å². The van der Waals surface area contributed by atoms with E-state index < -0.39 is 5.97 Å². The summed E-state index contributed by atoms with van der Waals surface area (Å²) in [5.74, 6) is -0.263. The molecule has 5 nitrogen and oxygen atoms in total. The van der Waals surface area contributed by atoms with Crippen molar-refractivity contribution >= 4 is 11.7 Å². The maximum absolute atomic E-state index is 10.8. The Morgan fingerprint density at radius 3 is 2.84 bits per heavy atom. The zero-order valence-electron chi connectivity index (χ0n) is 10.5. The predicted molar refractivity (Wildman–Crippen MR) is 71.5 cm³/mol. The lowest BCUT2D eigenvalue weighted by atomic mass is 10.2. The van der Waals surface area contributed by atoms with E-state index in [0.29, 0.717) is 12.2 Å². The highest BCUT2D eigenvalue weighted by molar-refractivity contribution is 5.85. The summed E-state index contributed by atoms with van der Waals surface area (Å²) in [6.07, 6.45) is 0. The molecule has 0 aliphatic carbocycles. The van der Waals surface area contributed by atoms with Crippen LogP contribution in [0.2, 0.25) is 0 Å². The fourth-order valence-electron chi connectivity index (χ4n) is 1.62. The largest absolute Gasteiger partial charge is 0.497 e. The molecule has 0 bridgehead atoms. The summed E-state index contributed by atoms with van der Waals surface area (Å²) in [7, 11) is 1.61. The zero-order chi connectivity index (χ0) is 13.7. The van der Waals surface area contributed by atoms with Crippen molar-refractivity contribution in [3.63, 3.8) is 0 Å². The number of nitrogens with one attached hydrogen (secondary N) is 1. The highest BCUT2D eigenvalue weighted by Crippen LogP contribution is 2.17. The van der Waals surface area contributed by atoms with Crippen LogP contribution in [0.1, 0.15) is 16.2 Å². The smallest absolute Gasteiger partial charge is 0.354 e. The molecule has 98 valence electrons. The molecular weight excluding hydrogens is 244 g/mol. The van der Waals surface area contributed by atoms with Crippen molar-refractivity contribution in [3.05, 3.63) is 53.9 Å². The second kappa shape index (κ2) is 5.86. The zero-order valence-corrected chi connectivity index (χ0v) is 10.5. The number of carbonyl (C=O) groups is 1. The molecule has 1 aromatic carbocycles. The summed E-state index contributed by atoms with van der Waals surface area (Å²) >= 11 is 0. The number of benzene rings is 1. The molecule has 0 saturated heterocycles. The topological polar surface area (TPSA) is 71.5 Å². The van der Waals surface area contributed by atoms with Crippen LogP contribution in [-0.2, 0) is 6.54 Å². The molecule has 2 N–H and O–H groups in total. The number of hydrogen-bond donors (Lipinski definition) is 2. The van der Waals surface area contributed by atoms with E-state index in [1.165, 1.54) is 6.07 Å². The average Bonchev–Trinajstić information content (AvgIpc) is 2.45. The number of anilines is 1. The first kappa shape index (κ1) is 12.9. The van der Waals surface area contributed by atoms with E-state index in [0.717, 1.165) is 11.4 Å². The second-order valence-electron chi connectivity index (χ2n) is 3.90. The number of ether oxygens (including phenoxy) is 1. The SMILES string of the molecule is COc1cccc(NCc2cccc(C(=O)O)n2)c1. The van der Waals surface area contributed by atoms with Gasteiger partial charge >= 0.3 is 5.97 Å². The van der Waals surface area contributed by atoms with Gasteiger partial charge in [-0.15, -0.1) is 0 Å². The lowest BCUT2D eigenvalue weighted by Gasteiger charge is -2.08. The summed E-state index contributed by atoms with van der Waals surface area (Å²) in [6, 6.07) is 12.4. The molecule has 0 fully saturated rings. The lowest BCUT2D eigenvalue weighted by Crippen LogP contribution is -2.06. The van der Waals surface area contributed by atoms with Crippen molar-refractivity contribution in [3.8, 4) is 5.75 Å². The molecule has 1 aromatic heterocycles. The molecule has 1 heterocycles. The maximum Gasteiger partial charge on any atom is 0.354 e. The van der Waals surface area contributed by atoms with E-state index in [9.17, 15) is 4.79 Å². The van der Waals surface area contributed by atoms with Crippen molar-refractivity contribution in [2.75, 3.05) is 12.4 Å². The summed E-state index contributed by atoms with van der Waals surface area (Å²) in [5.41, 5.74) is 1.61. The molecule has 0 aliphatic heterocycles. The third-order valence-electron chi connectivity index (χ3n) is 2.57. The number of rotatable bonds is 5. The standard InChI is InChI=1S/C14H14N2O3/c1-19-12-6-2-4-10(8-12)15-9-11-5-3-7-13(16-11)14(17)18/h2-8,15H,9H2,1H3,(H,17,18). The van der Waals surface area contributed by atoms with Crippen molar-refractivity contribution in [2.24, 2.45) is 0 Å². The van der Waals surface area contributed by atoms with Crippen LogP contribution in [0.5, 0.6) is 5.75 Å². The highest BCUT2D eigenvalue weighted by Gasteiger charge is 2.05. The first-order chi connectivity index (χ1) is 9.19. The van der Waals surface area contributed by atoms with Crippen molar-refractivity contribution in [2.45, 2.75) is 6.54 Å². The predicted octanol–water partition coefficient (Wildman–Crippen LogP) is 2.40. The van der Waals surface area contributed by atoms with E-state index in [-0.39, 0.29) is 5.69 Å². The molecule has 0 spiro atoms. The van der Waals surface area contributed by atoms with Gasteiger partial charge in [-0.05, 0) is 24.3 Å². The van der Waals surface area contributed by atoms with Crippen molar-refractivity contribution < 1.29 is 14.6 Å². The summed E-state index contributed by atoms with van der Waals surface area (Å²) in [6.45, 7) is 0.453. The van der Waals surface area contributed by atoms with Gasteiger partial charge in [0.1, 0.15) is 11.4 Å². The Kier molecular flexibility index (Phi) is 3.97. The number of pyridine rings is 1. The van der Waals surface area contributed by atoms with Crippen LogP contribution in [0.15, 0.2) is 42.5 Å². The molecule has 2 rings (SSSR count). The minimum absolute atomic E-state index is 0.0462. The van der Waals surface area contributed by atoms with Crippen LogP contribution in [0.4, 0.5) is 5.69 Å². The normalized spacial score (nSPS) is 9.95. The Hall–Kier alpha value is -2.56. The quantitative estimate of drug-likeness (QED) is 0.861. The number of aromatic nitrogens is 1. The Bertz CT molecular complexity index is 584.